The van der Waals surface area contributed by atoms with Gasteiger partial charge in [-0.1, -0.05) is 30.3 Å². The van der Waals surface area contributed by atoms with Gasteiger partial charge in [-0.05, 0) is 25.0 Å². The second-order valence-electron chi connectivity index (χ2n) is 6.60. The molecule has 1 aromatic heterocycles. The smallest absolute Gasteiger partial charge is 0.163 e. The van der Waals surface area contributed by atoms with Gasteiger partial charge in [0.15, 0.2) is 17.5 Å². The van der Waals surface area contributed by atoms with E-state index >= 15 is 0 Å². The molecule has 3 aromatic rings. The molecule has 7 heteroatoms. The molecule has 1 saturated heterocycles. The molecule has 1 aliphatic rings. The first-order valence-corrected chi connectivity index (χ1v) is 9.19. The van der Waals surface area contributed by atoms with Gasteiger partial charge in [0.1, 0.15) is 11.6 Å². The number of nitrogens with one attached hydrogen (secondary N) is 2. The average Bonchev–Trinajstić information content (AvgIpc) is 3.23. The fraction of sp³-hybridized carbons (Fsp3) is 0.238. The van der Waals surface area contributed by atoms with Crippen molar-refractivity contribution in [2.45, 2.75) is 18.9 Å². The summed E-state index contributed by atoms with van der Waals surface area (Å²) in [6.07, 6.45) is 2.25. The number of anilines is 3. The van der Waals surface area contributed by atoms with Crippen LogP contribution in [0, 0.1) is 11.6 Å². The quantitative estimate of drug-likeness (QED) is 0.644. The van der Waals surface area contributed by atoms with Crippen molar-refractivity contribution in [3.8, 4) is 11.4 Å². The second kappa shape index (κ2) is 8.31. The summed E-state index contributed by atoms with van der Waals surface area (Å²) < 4.78 is 32.4. The molecule has 0 aliphatic carbocycles. The lowest BCUT2D eigenvalue weighted by atomic mass is 10.2. The molecule has 1 fully saturated rings. The summed E-state index contributed by atoms with van der Waals surface area (Å²) in [6.45, 7) is 1.43. The molecule has 0 spiro atoms. The maximum absolute atomic E-state index is 13.5. The van der Waals surface area contributed by atoms with Crippen LogP contribution in [0.25, 0.3) is 11.4 Å². The number of aromatic nitrogens is 2. The lowest BCUT2D eigenvalue weighted by Crippen LogP contribution is -2.19. The van der Waals surface area contributed by atoms with Crippen molar-refractivity contribution >= 4 is 17.3 Å². The molecule has 144 valence electrons. The molecule has 1 atom stereocenters. The Morgan fingerprint density at radius 3 is 2.54 bits per heavy atom. The van der Waals surface area contributed by atoms with E-state index in [9.17, 15) is 8.78 Å². The predicted octanol–water partition coefficient (Wildman–Crippen LogP) is 4.76. The number of hydrogen-bond acceptors (Lipinski definition) is 5. The van der Waals surface area contributed by atoms with Crippen LogP contribution < -0.4 is 10.6 Å². The van der Waals surface area contributed by atoms with Gasteiger partial charge < -0.3 is 15.4 Å². The van der Waals surface area contributed by atoms with Gasteiger partial charge in [-0.25, -0.2) is 18.7 Å². The number of nitrogens with zero attached hydrogens (tertiary/aromatic N) is 2. The standard InChI is InChI=1S/C21H20F2N4O/c22-17-9-8-15(11-18(17)23)25-20-12-19(24-13-16-7-4-10-28-16)26-21(27-20)14-5-2-1-3-6-14/h1-3,5-6,8-9,11-12,16H,4,7,10,13H2,(H2,24,25,26,27). The van der Waals surface area contributed by atoms with E-state index in [-0.39, 0.29) is 6.10 Å². The molecule has 2 aromatic carbocycles. The molecule has 2 N–H and O–H groups in total. The van der Waals surface area contributed by atoms with Gasteiger partial charge in [-0.15, -0.1) is 0 Å². The highest BCUT2D eigenvalue weighted by atomic mass is 19.2. The van der Waals surface area contributed by atoms with Crippen LogP contribution in [0.3, 0.4) is 0 Å². The van der Waals surface area contributed by atoms with E-state index < -0.39 is 11.6 Å². The number of benzene rings is 2. The SMILES string of the molecule is Fc1ccc(Nc2cc(NCC3CCCO3)nc(-c3ccccc3)n2)cc1F. The van der Waals surface area contributed by atoms with Crippen LogP contribution in [0.2, 0.25) is 0 Å². The zero-order valence-electron chi connectivity index (χ0n) is 15.2. The topological polar surface area (TPSA) is 59.1 Å². The minimum atomic E-state index is -0.918. The minimum absolute atomic E-state index is 0.165. The Morgan fingerprint density at radius 1 is 0.964 bits per heavy atom. The summed E-state index contributed by atoms with van der Waals surface area (Å²) >= 11 is 0. The second-order valence-corrected chi connectivity index (χ2v) is 6.60. The van der Waals surface area contributed by atoms with E-state index in [0.717, 1.165) is 37.1 Å². The van der Waals surface area contributed by atoms with Gasteiger partial charge in [0.25, 0.3) is 0 Å². The van der Waals surface area contributed by atoms with Crippen molar-refractivity contribution in [2.24, 2.45) is 0 Å². The highest BCUT2D eigenvalue weighted by Gasteiger charge is 2.16. The Labute approximate surface area is 161 Å². The summed E-state index contributed by atoms with van der Waals surface area (Å²) in [4.78, 5) is 9.11. The highest BCUT2D eigenvalue weighted by molar-refractivity contribution is 5.65. The zero-order valence-corrected chi connectivity index (χ0v) is 15.2. The van der Waals surface area contributed by atoms with Gasteiger partial charge >= 0.3 is 0 Å². The number of halogens is 2. The van der Waals surface area contributed by atoms with Crippen molar-refractivity contribution < 1.29 is 13.5 Å². The van der Waals surface area contributed by atoms with Crippen LogP contribution in [0.15, 0.2) is 54.6 Å². The first-order valence-electron chi connectivity index (χ1n) is 9.19. The van der Waals surface area contributed by atoms with Crippen LogP contribution in [-0.4, -0.2) is 29.2 Å². The Morgan fingerprint density at radius 2 is 1.79 bits per heavy atom. The summed E-state index contributed by atoms with van der Waals surface area (Å²) in [6, 6.07) is 14.9. The Balaban J connectivity index is 1.61. The maximum Gasteiger partial charge on any atom is 0.163 e. The van der Waals surface area contributed by atoms with E-state index in [1.165, 1.54) is 6.07 Å². The summed E-state index contributed by atoms with van der Waals surface area (Å²) in [7, 11) is 0. The van der Waals surface area contributed by atoms with Crippen molar-refractivity contribution in [3.05, 3.63) is 66.2 Å². The van der Waals surface area contributed by atoms with Gasteiger partial charge in [0.05, 0.1) is 6.10 Å². The Hall–Kier alpha value is -3.06. The largest absolute Gasteiger partial charge is 0.376 e. The van der Waals surface area contributed by atoms with Crippen LogP contribution in [0.5, 0.6) is 0 Å². The third-order valence-electron chi connectivity index (χ3n) is 4.48. The molecular weight excluding hydrogens is 362 g/mol. The number of ether oxygens (including phenoxy) is 1. The molecule has 0 bridgehead atoms. The van der Waals surface area contributed by atoms with Gasteiger partial charge in [0, 0.05) is 36.5 Å². The van der Waals surface area contributed by atoms with E-state index in [0.29, 0.717) is 29.7 Å². The molecule has 0 saturated carbocycles. The fourth-order valence-corrected chi connectivity index (χ4v) is 3.06. The normalized spacial score (nSPS) is 16.1. The molecule has 1 unspecified atom stereocenters. The molecule has 28 heavy (non-hydrogen) atoms. The molecule has 5 nitrogen and oxygen atoms in total. The number of hydrogen-bond donors (Lipinski definition) is 2. The number of rotatable bonds is 6. The van der Waals surface area contributed by atoms with E-state index in [2.05, 4.69) is 20.6 Å². The third-order valence-corrected chi connectivity index (χ3v) is 4.48. The van der Waals surface area contributed by atoms with Crippen LogP contribution in [0.4, 0.5) is 26.1 Å². The van der Waals surface area contributed by atoms with Crippen molar-refractivity contribution in [1.29, 1.82) is 0 Å². The molecule has 4 rings (SSSR count). The van der Waals surface area contributed by atoms with E-state index in [1.54, 1.807) is 6.07 Å². The predicted molar refractivity (Wildman–Crippen MR) is 105 cm³/mol. The first-order chi connectivity index (χ1) is 13.7. The molecule has 0 amide bonds. The molecule has 2 heterocycles. The van der Waals surface area contributed by atoms with Crippen LogP contribution in [0.1, 0.15) is 12.8 Å². The zero-order chi connectivity index (χ0) is 19.3. The average molecular weight is 382 g/mol. The molecular formula is C21H20F2N4O. The third kappa shape index (κ3) is 4.43. The van der Waals surface area contributed by atoms with Crippen LogP contribution in [-0.2, 0) is 4.74 Å². The molecule has 0 radical (unpaired) electrons. The lowest BCUT2D eigenvalue weighted by molar-refractivity contribution is 0.120. The highest BCUT2D eigenvalue weighted by Crippen LogP contribution is 2.24. The van der Waals surface area contributed by atoms with Gasteiger partial charge in [-0.3, -0.25) is 0 Å². The van der Waals surface area contributed by atoms with Gasteiger partial charge in [-0.2, -0.15) is 0 Å². The van der Waals surface area contributed by atoms with Gasteiger partial charge in [0.2, 0.25) is 0 Å². The maximum atomic E-state index is 13.5. The van der Waals surface area contributed by atoms with E-state index in [4.69, 9.17) is 4.74 Å². The fourth-order valence-electron chi connectivity index (χ4n) is 3.06. The lowest BCUT2D eigenvalue weighted by Gasteiger charge is -2.14. The van der Waals surface area contributed by atoms with Crippen molar-refractivity contribution in [3.63, 3.8) is 0 Å². The first kappa shape index (κ1) is 18.3. The Kier molecular flexibility index (Phi) is 5.43. The molecule has 1 aliphatic heterocycles. The summed E-state index contributed by atoms with van der Waals surface area (Å²) in [5.74, 6) is -0.164. The van der Waals surface area contributed by atoms with Crippen molar-refractivity contribution in [2.75, 3.05) is 23.8 Å². The summed E-state index contributed by atoms with van der Waals surface area (Å²) in [5, 5.41) is 6.31. The minimum Gasteiger partial charge on any atom is -0.376 e. The Bertz CT molecular complexity index is 946. The monoisotopic (exact) mass is 382 g/mol. The van der Waals surface area contributed by atoms with Crippen molar-refractivity contribution in [1.82, 2.24) is 9.97 Å². The van der Waals surface area contributed by atoms with E-state index in [1.807, 2.05) is 30.3 Å². The summed E-state index contributed by atoms with van der Waals surface area (Å²) in [5.41, 5.74) is 1.26. The van der Waals surface area contributed by atoms with Crippen LogP contribution >= 0.6 is 0 Å².